The number of aromatic nitrogens is 1. The molecule has 0 bridgehead atoms. The molecule has 0 spiro atoms. The molecule has 0 N–H and O–H groups in total. The average Bonchev–Trinajstić information content (AvgIpc) is 2.35. The SMILES string of the molecule is CC(C)Oc1c(C(C)(C)C)cnc2c(C(C)(C)C)cccc12. The molecule has 0 aliphatic carbocycles. The molecular weight excluding hydrogens is 270 g/mol. The summed E-state index contributed by atoms with van der Waals surface area (Å²) in [5.41, 5.74) is 3.55. The van der Waals surface area contributed by atoms with Crippen molar-refractivity contribution in [1.82, 2.24) is 4.98 Å². The molecule has 2 nitrogen and oxygen atoms in total. The Morgan fingerprint density at radius 2 is 1.50 bits per heavy atom. The molecule has 0 atom stereocenters. The molecule has 1 aromatic carbocycles. The summed E-state index contributed by atoms with van der Waals surface area (Å²) < 4.78 is 6.21. The van der Waals surface area contributed by atoms with Gasteiger partial charge in [-0.15, -0.1) is 0 Å². The lowest BCUT2D eigenvalue weighted by atomic mass is 9.83. The summed E-state index contributed by atoms with van der Waals surface area (Å²) in [6.45, 7) is 17.4. The van der Waals surface area contributed by atoms with E-state index >= 15 is 0 Å². The third-order valence-electron chi connectivity index (χ3n) is 3.82. The zero-order chi connectivity index (χ0) is 16.7. The summed E-state index contributed by atoms with van der Waals surface area (Å²) in [5.74, 6) is 0.985. The van der Waals surface area contributed by atoms with Crippen molar-refractivity contribution >= 4 is 10.9 Å². The van der Waals surface area contributed by atoms with Crippen molar-refractivity contribution in [2.24, 2.45) is 0 Å². The second-order valence-electron chi connectivity index (χ2n) is 8.37. The molecule has 0 amide bonds. The van der Waals surface area contributed by atoms with E-state index in [0.29, 0.717) is 0 Å². The molecule has 0 saturated heterocycles. The van der Waals surface area contributed by atoms with Crippen LogP contribution in [0.5, 0.6) is 5.75 Å². The van der Waals surface area contributed by atoms with Crippen molar-refractivity contribution in [2.45, 2.75) is 72.3 Å². The monoisotopic (exact) mass is 299 g/mol. The van der Waals surface area contributed by atoms with Gasteiger partial charge in [-0.1, -0.05) is 53.7 Å². The van der Waals surface area contributed by atoms with Crippen LogP contribution < -0.4 is 4.74 Å². The fraction of sp³-hybridized carbons (Fsp3) is 0.550. The van der Waals surface area contributed by atoms with Gasteiger partial charge in [0.1, 0.15) is 5.75 Å². The normalized spacial score (nSPS) is 13.0. The number of pyridine rings is 1. The van der Waals surface area contributed by atoms with E-state index in [0.717, 1.165) is 16.7 Å². The first kappa shape index (κ1) is 16.8. The van der Waals surface area contributed by atoms with E-state index in [-0.39, 0.29) is 16.9 Å². The van der Waals surface area contributed by atoms with Crippen LogP contribution in [0.2, 0.25) is 0 Å². The fourth-order valence-electron chi connectivity index (χ4n) is 2.70. The molecule has 1 aromatic heterocycles. The molecule has 0 fully saturated rings. The second kappa shape index (κ2) is 5.57. The highest BCUT2D eigenvalue weighted by Crippen LogP contribution is 2.39. The Kier molecular flexibility index (Phi) is 4.25. The van der Waals surface area contributed by atoms with Crippen molar-refractivity contribution in [2.75, 3.05) is 0 Å². The van der Waals surface area contributed by atoms with Crippen LogP contribution >= 0.6 is 0 Å². The molecule has 2 heteroatoms. The molecule has 0 unspecified atom stereocenters. The van der Waals surface area contributed by atoms with Crippen LogP contribution in [0.1, 0.15) is 66.5 Å². The van der Waals surface area contributed by atoms with Gasteiger partial charge in [0.15, 0.2) is 0 Å². The standard InChI is InChI=1S/C20H29NO/c1-13(2)22-18-14-10-9-11-15(19(3,4)5)17(14)21-12-16(18)20(6,7)8/h9-13H,1-8H3. The Labute approximate surface area is 134 Å². The zero-order valence-corrected chi connectivity index (χ0v) is 15.2. The predicted octanol–water partition coefficient (Wildman–Crippen LogP) is 5.62. The summed E-state index contributed by atoms with van der Waals surface area (Å²) in [6.07, 6.45) is 2.14. The van der Waals surface area contributed by atoms with Crippen molar-refractivity contribution in [3.63, 3.8) is 0 Å². The van der Waals surface area contributed by atoms with Crippen molar-refractivity contribution in [1.29, 1.82) is 0 Å². The maximum atomic E-state index is 6.21. The van der Waals surface area contributed by atoms with E-state index < -0.39 is 0 Å². The van der Waals surface area contributed by atoms with Crippen molar-refractivity contribution in [3.05, 3.63) is 35.5 Å². The topological polar surface area (TPSA) is 22.1 Å². The number of hydrogen-bond acceptors (Lipinski definition) is 2. The largest absolute Gasteiger partial charge is 0.490 e. The first-order valence-corrected chi connectivity index (χ1v) is 8.11. The highest BCUT2D eigenvalue weighted by molar-refractivity contribution is 5.89. The maximum Gasteiger partial charge on any atom is 0.134 e. The van der Waals surface area contributed by atoms with Gasteiger partial charge in [0.05, 0.1) is 11.6 Å². The Hall–Kier alpha value is -1.57. The van der Waals surface area contributed by atoms with Gasteiger partial charge in [0.25, 0.3) is 0 Å². The average molecular weight is 299 g/mol. The lowest BCUT2D eigenvalue weighted by Gasteiger charge is -2.27. The van der Waals surface area contributed by atoms with Crippen molar-refractivity contribution < 1.29 is 4.74 Å². The summed E-state index contributed by atoms with van der Waals surface area (Å²) in [5, 5.41) is 1.12. The summed E-state index contributed by atoms with van der Waals surface area (Å²) in [4.78, 5) is 4.80. The quantitative estimate of drug-likeness (QED) is 0.718. The molecule has 0 saturated carbocycles. The molecule has 0 aliphatic rings. The molecular formula is C20H29NO. The summed E-state index contributed by atoms with van der Waals surface area (Å²) >= 11 is 0. The highest BCUT2D eigenvalue weighted by atomic mass is 16.5. The molecule has 2 aromatic rings. The van der Waals surface area contributed by atoms with Gasteiger partial charge >= 0.3 is 0 Å². The molecule has 120 valence electrons. The molecule has 0 radical (unpaired) electrons. The Morgan fingerprint density at radius 3 is 2.00 bits per heavy atom. The minimum absolute atomic E-state index is 0.00313. The van der Waals surface area contributed by atoms with Gasteiger partial charge in [-0.2, -0.15) is 0 Å². The number of benzene rings is 1. The maximum absolute atomic E-state index is 6.21. The first-order chi connectivity index (χ1) is 10.0. The van der Waals surface area contributed by atoms with Crippen LogP contribution in [-0.2, 0) is 10.8 Å². The van der Waals surface area contributed by atoms with E-state index in [1.165, 1.54) is 11.1 Å². The Morgan fingerprint density at radius 1 is 0.909 bits per heavy atom. The number of ether oxygens (including phenoxy) is 1. The number of rotatable bonds is 2. The highest BCUT2D eigenvalue weighted by Gasteiger charge is 2.25. The van der Waals surface area contributed by atoms with E-state index in [1.54, 1.807) is 0 Å². The van der Waals surface area contributed by atoms with Crippen LogP contribution in [0.15, 0.2) is 24.4 Å². The molecule has 1 heterocycles. The number of para-hydroxylation sites is 1. The van der Waals surface area contributed by atoms with Crippen LogP contribution in [0, 0.1) is 0 Å². The lowest BCUT2D eigenvalue weighted by molar-refractivity contribution is 0.239. The van der Waals surface area contributed by atoms with E-state index in [2.05, 4.69) is 73.6 Å². The minimum atomic E-state index is 0.00313. The van der Waals surface area contributed by atoms with Gasteiger partial charge in [0, 0.05) is 17.1 Å². The number of hydrogen-bond donors (Lipinski definition) is 0. The molecule has 22 heavy (non-hydrogen) atoms. The third-order valence-corrected chi connectivity index (χ3v) is 3.82. The van der Waals surface area contributed by atoms with E-state index in [4.69, 9.17) is 9.72 Å². The van der Waals surface area contributed by atoms with Gasteiger partial charge in [0.2, 0.25) is 0 Å². The number of nitrogens with zero attached hydrogens (tertiary/aromatic N) is 1. The van der Waals surface area contributed by atoms with Crippen LogP contribution in [0.25, 0.3) is 10.9 Å². The van der Waals surface area contributed by atoms with Gasteiger partial charge in [-0.05, 0) is 36.3 Å². The molecule has 2 rings (SSSR count). The third kappa shape index (κ3) is 3.26. The first-order valence-electron chi connectivity index (χ1n) is 8.11. The van der Waals surface area contributed by atoms with Gasteiger partial charge < -0.3 is 4.74 Å². The molecule has 0 aliphatic heterocycles. The summed E-state index contributed by atoms with van der Waals surface area (Å²) in [6, 6.07) is 6.42. The Bertz CT molecular complexity index is 672. The fourth-order valence-corrected chi connectivity index (χ4v) is 2.70. The minimum Gasteiger partial charge on any atom is -0.490 e. The smallest absolute Gasteiger partial charge is 0.134 e. The second-order valence-corrected chi connectivity index (χ2v) is 8.37. The zero-order valence-electron chi connectivity index (χ0n) is 15.2. The van der Waals surface area contributed by atoms with Crippen molar-refractivity contribution in [3.8, 4) is 5.75 Å². The van der Waals surface area contributed by atoms with Crippen LogP contribution in [0.4, 0.5) is 0 Å². The van der Waals surface area contributed by atoms with Gasteiger partial charge in [-0.25, -0.2) is 0 Å². The summed E-state index contributed by atoms with van der Waals surface area (Å²) in [7, 11) is 0. The van der Waals surface area contributed by atoms with Crippen LogP contribution in [0.3, 0.4) is 0 Å². The van der Waals surface area contributed by atoms with Gasteiger partial charge in [-0.3, -0.25) is 4.98 Å². The van der Waals surface area contributed by atoms with Crippen LogP contribution in [-0.4, -0.2) is 11.1 Å². The van der Waals surface area contributed by atoms with E-state index in [9.17, 15) is 0 Å². The lowest BCUT2D eigenvalue weighted by Crippen LogP contribution is -2.18. The van der Waals surface area contributed by atoms with E-state index in [1.807, 2.05) is 6.20 Å². The number of fused-ring (bicyclic) bond motifs is 1. The Balaban J connectivity index is 2.83. The predicted molar refractivity (Wildman–Crippen MR) is 94.9 cm³/mol.